The van der Waals surface area contributed by atoms with Crippen molar-refractivity contribution in [3.63, 3.8) is 0 Å². The molecular weight excluding hydrogens is 713 g/mol. The van der Waals surface area contributed by atoms with Crippen LogP contribution in [0.3, 0.4) is 0 Å². The molecule has 1 radical (unpaired) electrons. The molecule has 2 aliphatic heterocycles. The molecule has 0 saturated carbocycles. The van der Waals surface area contributed by atoms with Gasteiger partial charge in [-0.25, -0.2) is 4.79 Å². The van der Waals surface area contributed by atoms with Gasteiger partial charge in [0.25, 0.3) is 0 Å². The fraction of sp³-hybridized carbons (Fsp3) is 0.619. The predicted molar refractivity (Wildman–Crippen MR) is 214 cm³/mol. The van der Waals surface area contributed by atoms with Gasteiger partial charge in [-0.05, 0) is 71.8 Å². The third kappa shape index (κ3) is 12.8. The summed E-state index contributed by atoms with van der Waals surface area (Å²) in [7, 11) is 2.22. The van der Waals surface area contributed by atoms with Crippen LogP contribution in [0.4, 0.5) is 4.79 Å². The first-order valence-electron chi connectivity index (χ1n) is 18.8. The molecule has 11 heteroatoms. The van der Waals surface area contributed by atoms with E-state index >= 15 is 0 Å². The molecule has 2 unspecified atom stereocenters. The molecule has 1 fully saturated rings. The molecule has 53 heavy (non-hydrogen) atoms. The van der Waals surface area contributed by atoms with Crippen LogP contribution in [0.1, 0.15) is 129 Å². The van der Waals surface area contributed by atoms with E-state index in [1.165, 1.54) is 29.9 Å². The standard InChI is InChI=1S/C41H63N5O2.CH2O3.Co/c1-28(29(2)43-27-32-24-34(40(6,7)8)25-35(37(32)48)41(9,10)11)42-26-31-23-33(39(3,4)5)22-30(36(31)47)16-13-18-45-20-15-21-46-19-14-17-44(12)38(45)46;2-1(3)4;/h22-29H,13-21H2,1-12H3,(H-,42,43,47,48);(H2,2,3,4);/p+1. The minimum atomic E-state index is -1.83. The Morgan fingerprint density at radius 1 is 0.792 bits per heavy atom. The maximum absolute atomic E-state index is 11.5. The number of aliphatic imine (C=N–C) groups is 2. The van der Waals surface area contributed by atoms with Gasteiger partial charge in [0.2, 0.25) is 0 Å². The third-order valence-corrected chi connectivity index (χ3v) is 10.1. The molecule has 0 bridgehead atoms. The zero-order valence-corrected chi connectivity index (χ0v) is 35.3. The van der Waals surface area contributed by atoms with E-state index < -0.39 is 6.16 Å². The number of rotatable bonds is 9. The number of aromatic hydroxyl groups is 2. The SMILES string of the molecule is CC(N=Cc1cc(C(C)(C)C)cc(CCCN2CCCN3CCC[N+](C)=C23)c1O)C(C)N=Cc1cc(C(C)(C)C)cc(C(C)(C)C)c1O.O=C(O)O.[Co]. The molecule has 2 heterocycles. The van der Waals surface area contributed by atoms with E-state index in [1.807, 2.05) is 13.1 Å². The van der Waals surface area contributed by atoms with Gasteiger partial charge >= 0.3 is 12.1 Å². The first-order valence-corrected chi connectivity index (χ1v) is 18.8. The predicted octanol–water partition coefficient (Wildman–Crippen LogP) is 7.87. The van der Waals surface area contributed by atoms with Crippen LogP contribution >= 0.6 is 0 Å². The number of hydrogen-bond donors (Lipinski definition) is 4. The summed E-state index contributed by atoms with van der Waals surface area (Å²) in [6.45, 7) is 29.2. The largest absolute Gasteiger partial charge is 0.507 e. The van der Waals surface area contributed by atoms with Crippen molar-refractivity contribution in [3.8, 4) is 11.5 Å². The zero-order valence-electron chi connectivity index (χ0n) is 34.2. The monoisotopic (exact) mass is 779 g/mol. The summed E-state index contributed by atoms with van der Waals surface area (Å²) in [4.78, 5) is 23.4. The number of carbonyl (C=O) groups is 1. The van der Waals surface area contributed by atoms with Gasteiger partial charge < -0.3 is 20.4 Å². The topological polar surface area (TPSA) is 132 Å². The van der Waals surface area contributed by atoms with Gasteiger partial charge in [-0.3, -0.25) is 24.4 Å². The molecule has 297 valence electrons. The second-order valence-corrected chi connectivity index (χ2v) is 17.6. The van der Waals surface area contributed by atoms with E-state index in [0.717, 1.165) is 67.8 Å². The van der Waals surface area contributed by atoms with Crippen LogP contribution in [0.5, 0.6) is 11.5 Å². The molecular formula is C42H66CoN5O5+. The van der Waals surface area contributed by atoms with Gasteiger partial charge in [0, 0.05) is 58.7 Å². The van der Waals surface area contributed by atoms with Crippen molar-refractivity contribution in [1.82, 2.24) is 9.80 Å². The van der Waals surface area contributed by atoms with Crippen LogP contribution in [0, 0.1) is 0 Å². The minimum absolute atomic E-state index is 0. The molecule has 0 spiro atoms. The summed E-state index contributed by atoms with van der Waals surface area (Å²) in [5, 5.41) is 36.6. The van der Waals surface area contributed by atoms with E-state index in [1.54, 1.807) is 6.21 Å². The van der Waals surface area contributed by atoms with Crippen molar-refractivity contribution >= 4 is 24.5 Å². The van der Waals surface area contributed by atoms with Crippen LogP contribution < -0.4 is 0 Å². The number of phenolic OH excluding ortho intramolecular Hbond substituents is 2. The molecule has 2 atom stereocenters. The van der Waals surface area contributed by atoms with Crippen molar-refractivity contribution in [3.05, 3.63) is 57.6 Å². The van der Waals surface area contributed by atoms with Crippen LogP contribution in [-0.2, 0) is 39.4 Å². The Hall–Kier alpha value is -3.57. The number of fused-ring (bicyclic) bond motifs is 1. The number of carboxylic acid groups (broad SMARTS) is 2. The van der Waals surface area contributed by atoms with E-state index in [-0.39, 0.29) is 45.1 Å². The van der Waals surface area contributed by atoms with Crippen LogP contribution in [0.15, 0.2) is 34.3 Å². The number of hydrogen-bond acceptors (Lipinski definition) is 7. The molecule has 10 nitrogen and oxygen atoms in total. The Morgan fingerprint density at radius 3 is 1.79 bits per heavy atom. The maximum atomic E-state index is 11.5. The van der Waals surface area contributed by atoms with Crippen molar-refractivity contribution in [2.75, 3.05) is 39.8 Å². The molecule has 4 rings (SSSR count). The summed E-state index contributed by atoms with van der Waals surface area (Å²) in [6.07, 6.45) is 6.01. The van der Waals surface area contributed by atoms with Crippen molar-refractivity contribution < 1.29 is 46.6 Å². The molecule has 1 saturated heterocycles. The van der Waals surface area contributed by atoms with E-state index in [9.17, 15) is 10.2 Å². The third-order valence-electron chi connectivity index (χ3n) is 10.1. The summed E-state index contributed by atoms with van der Waals surface area (Å²) in [6, 6.07) is 8.22. The first kappa shape index (κ1) is 45.6. The van der Waals surface area contributed by atoms with E-state index in [2.05, 4.69) is 115 Å². The number of nitrogens with zero attached hydrogens (tertiary/aromatic N) is 5. The normalized spacial score (nSPS) is 16.6. The van der Waals surface area contributed by atoms with Crippen molar-refractivity contribution in [2.45, 2.75) is 130 Å². The average molecular weight is 780 g/mol. The Bertz CT molecular complexity index is 1640. The number of guanidine groups is 1. The quantitative estimate of drug-likeness (QED) is 0.151. The minimum Gasteiger partial charge on any atom is -0.507 e. The molecule has 4 N–H and O–H groups in total. The summed E-state index contributed by atoms with van der Waals surface area (Å²) >= 11 is 0. The molecule has 0 aliphatic carbocycles. The van der Waals surface area contributed by atoms with Gasteiger partial charge in [0.1, 0.15) is 11.5 Å². The first-order chi connectivity index (χ1) is 24.0. The van der Waals surface area contributed by atoms with Crippen molar-refractivity contribution in [2.24, 2.45) is 9.98 Å². The number of benzene rings is 2. The van der Waals surface area contributed by atoms with E-state index in [0.29, 0.717) is 11.5 Å². The molecule has 0 aromatic heterocycles. The Morgan fingerprint density at radius 2 is 1.28 bits per heavy atom. The summed E-state index contributed by atoms with van der Waals surface area (Å²) in [5.74, 6) is 2.00. The summed E-state index contributed by atoms with van der Waals surface area (Å²) < 4.78 is 2.41. The second-order valence-electron chi connectivity index (χ2n) is 17.6. The van der Waals surface area contributed by atoms with Crippen LogP contribution in [0.2, 0.25) is 0 Å². The van der Waals surface area contributed by atoms with Crippen LogP contribution in [-0.4, -0.2) is 111 Å². The Labute approximate surface area is 329 Å². The van der Waals surface area contributed by atoms with Crippen LogP contribution in [0.25, 0.3) is 0 Å². The van der Waals surface area contributed by atoms with Gasteiger partial charge in [-0.15, -0.1) is 0 Å². The smallest absolute Gasteiger partial charge is 0.503 e. The molecule has 0 amide bonds. The Balaban J connectivity index is 0.00000185. The maximum Gasteiger partial charge on any atom is 0.503 e. The molecule has 2 aliphatic rings. The van der Waals surface area contributed by atoms with E-state index in [4.69, 9.17) is 25.0 Å². The fourth-order valence-electron chi connectivity index (χ4n) is 6.66. The summed E-state index contributed by atoms with van der Waals surface area (Å²) in [5.41, 5.74) is 5.48. The van der Waals surface area contributed by atoms with Gasteiger partial charge in [-0.1, -0.05) is 74.4 Å². The number of phenols is 2. The fourth-order valence-corrected chi connectivity index (χ4v) is 6.66. The van der Waals surface area contributed by atoms with Gasteiger partial charge in [0.05, 0.1) is 51.9 Å². The number of aryl methyl sites for hydroxylation is 1. The molecule has 2 aromatic carbocycles. The second kappa shape index (κ2) is 18.6. The Kier molecular flexibility index (Phi) is 16.0. The average Bonchev–Trinajstić information content (AvgIpc) is 3.02. The van der Waals surface area contributed by atoms with Gasteiger partial charge in [-0.2, -0.15) is 0 Å². The van der Waals surface area contributed by atoms with Gasteiger partial charge in [0.15, 0.2) is 0 Å². The molecule has 2 aromatic rings. The zero-order chi connectivity index (χ0) is 39.2. The van der Waals surface area contributed by atoms with Crippen molar-refractivity contribution in [1.29, 1.82) is 0 Å².